The van der Waals surface area contributed by atoms with Gasteiger partial charge in [0.1, 0.15) is 5.82 Å². The summed E-state index contributed by atoms with van der Waals surface area (Å²) in [5.41, 5.74) is 0.548. The van der Waals surface area contributed by atoms with Crippen molar-refractivity contribution in [2.45, 2.75) is 31.7 Å². The maximum atomic E-state index is 12.9. The Kier molecular flexibility index (Phi) is 4.24. The number of amides is 1. The molecule has 1 heterocycles. The number of hydrogen-bond donors (Lipinski definition) is 1. The van der Waals surface area contributed by atoms with Crippen LogP contribution in [0.25, 0.3) is 0 Å². The molecule has 0 aromatic heterocycles. The number of rotatable bonds is 2. The van der Waals surface area contributed by atoms with E-state index in [4.69, 9.17) is 0 Å². The monoisotopic (exact) mass is 290 g/mol. The molecule has 1 aromatic rings. The quantitative estimate of drug-likeness (QED) is 0.908. The van der Waals surface area contributed by atoms with Crippen molar-refractivity contribution >= 4 is 5.91 Å². The SMILES string of the molecule is CN1CC[C@H]2C(NC(=O)c3ccc(F)cc3)CCC[C@@H]2C1. The highest BCUT2D eigenvalue weighted by atomic mass is 19.1. The molecule has 1 aromatic carbocycles. The highest BCUT2D eigenvalue weighted by Gasteiger charge is 2.37. The predicted octanol–water partition coefficient (Wildman–Crippen LogP) is 2.68. The molecular weight excluding hydrogens is 267 g/mol. The van der Waals surface area contributed by atoms with Gasteiger partial charge in [-0.2, -0.15) is 0 Å². The van der Waals surface area contributed by atoms with Crippen molar-refractivity contribution in [2.24, 2.45) is 11.8 Å². The summed E-state index contributed by atoms with van der Waals surface area (Å²) >= 11 is 0. The van der Waals surface area contributed by atoms with Crippen LogP contribution in [-0.2, 0) is 0 Å². The van der Waals surface area contributed by atoms with Crippen LogP contribution in [0.3, 0.4) is 0 Å². The maximum absolute atomic E-state index is 12.9. The molecule has 4 heteroatoms. The van der Waals surface area contributed by atoms with E-state index >= 15 is 0 Å². The second-order valence-corrected chi connectivity index (χ2v) is 6.49. The molecule has 1 aliphatic carbocycles. The van der Waals surface area contributed by atoms with Crippen LogP contribution in [0.4, 0.5) is 4.39 Å². The molecule has 1 unspecified atom stereocenters. The molecule has 2 aliphatic rings. The van der Waals surface area contributed by atoms with Gasteiger partial charge in [0.05, 0.1) is 0 Å². The molecule has 21 heavy (non-hydrogen) atoms. The first kappa shape index (κ1) is 14.5. The highest BCUT2D eigenvalue weighted by Crippen LogP contribution is 2.36. The lowest BCUT2D eigenvalue weighted by Crippen LogP contribution is -2.51. The molecule has 1 saturated carbocycles. The smallest absolute Gasteiger partial charge is 0.251 e. The fraction of sp³-hybridized carbons (Fsp3) is 0.588. The molecule has 1 aliphatic heterocycles. The van der Waals surface area contributed by atoms with Gasteiger partial charge in [0, 0.05) is 18.2 Å². The number of carbonyl (C=O) groups excluding carboxylic acids is 1. The number of halogens is 1. The second-order valence-electron chi connectivity index (χ2n) is 6.49. The summed E-state index contributed by atoms with van der Waals surface area (Å²) in [7, 11) is 2.18. The lowest BCUT2D eigenvalue weighted by molar-refractivity contribution is 0.0661. The van der Waals surface area contributed by atoms with Gasteiger partial charge in [-0.05, 0) is 69.0 Å². The van der Waals surface area contributed by atoms with E-state index in [1.807, 2.05) is 0 Å². The number of hydrogen-bond acceptors (Lipinski definition) is 2. The zero-order chi connectivity index (χ0) is 14.8. The van der Waals surface area contributed by atoms with Crippen molar-refractivity contribution in [1.29, 1.82) is 0 Å². The van der Waals surface area contributed by atoms with E-state index in [-0.39, 0.29) is 17.8 Å². The topological polar surface area (TPSA) is 32.3 Å². The van der Waals surface area contributed by atoms with Gasteiger partial charge in [0.15, 0.2) is 0 Å². The third-order valence-electron chi connectivity index (χ3n) is 5.03. The third-order valence-corrected chi connectivity index (χ3v) is 5.03. The molecular formula is C17H23FN2O. The van der Waals surface area contributed by atoms with Crippen molar-refractivity contribution in [3.63, 3.8) is 0 Å². The van der Waals surface area contributed by atoms with Crippen LogP contribution in [0, 0.1) is 17.7 Å². The minimum Gasteiger partial charge on any atom is -0.349 e. The molecule has 1 saturated heterocycles. The molecule has 0 spiro atoms. The van der Waals surface area contributed by atoms with Gasteiger partial charge in [0.2, 0.25) is 0 Å². The van der Waals surface area contributed by atoms with Crippen LogP contribution >= 0.6 is 0 Å². The van der Waals surface area contributed by atoms with Gasteiger partial charge in [-0.15, -0.1) is 0 Å². The molecule has 0 radical (unpaired) electrons. The molecule has 114 valence electrons. The Labute approximate surface area is 125 Å². The first-order valence-corrected chi connectivity index (χ1v) is 7.88. The maximum Gasteiger partial charge on any atom is 0.251 e. The van der Waals surface area contributed by atoms with Crippen molar-refractivity contribution in [3.05, 3.63) is 35.6 Å². The van der Waals surface area contributed by atoms with Crippen molar-refractivity contribution in [2.75, 3.05) is 20.1 Å². The molecule has 1 N–H and O–H groups in total. The Balaban J connectivity index is 1.66. The summed E-state index contributed by atoms with van der Waals surface area (Å²) in [6, 6.07) is 6.07. The normalized spacial score (nSPS) is 29.7. The Morgan fingerprint density at radius 2 is 2.00 bits per heavy atom. The van der Waals surface area contributed by atoms with Gasteiger partial charge in [-0.3, -0.25) is 4.79 Å². The van der Waals surface area contributed by atoms with Crippen LogP contribution in [0.5, 0.6) is 0 Å². The van der Waals surface area contributed by atoms with Crippen LogP contribution in [0.2, 0.25) is 0 Å². The largest absolute Gasteiger partial charge is 0.349 e. The second kappa shape index (κ2) is 6.14. The van der Waals surface area contributed by atoms with Gasteiger partial charge < -0.3 is 10.2 Å². The van der Waals surface area contributed by atoms with Crippen molar-refractivity contribution < 1.29 is 9.18 Å². The Morgan fingerprint density at radius 1 is 1.24 bits per heavy atom. The van der Waals surface area contributed by atoms with Crippen LogP contribution in [0.1, 0.15) is 36.0 Å². The third kappa shape index (κ3) is 3.26. The first-order valence-electron chi connectivity index (χ1n) is 7.88. The number of piperidine rings is 1. The summed E-state index contributed by atoms with van der Waals surface area (Å²) in [6.45, 7) is 2.26. The van der Waals surface area contributed by atoms with E-state index in [0.29, 0.717) is 17.4 Å². The molecule has 1 amide bonds. The van der Waals surface area contributed by atoms with E-state index in [1.165, 1.54) is 25.0 Å². The van der Waals surface area contributed by atoms with Gasteiger partial charge in [0.25, 0.3) is 5.91 Å². The number of likely N-dealkylation sites (tertiary alicyclic amines) is 1. The van der Waals surface area contributed by atoms with Gasteiger partial charge >= 0.3 is 0 Å². The average molecular weight is 290 g/mol. The molecule has 2 fully saturated rings. The zero-order valence-corrected chi connectivity index (χ0v) is 12.5. The Morgan fingerprint density at radius 3 is 2.76 bits per heavy atom. The molecule has 3 rings (SSSR count). The zero-order valence-electron chi connectivity index (χ0n) is 12.5. The Hall–Kier alpha value is -1.42. The lowest BCUT2D eigenvalue weighted by atomic mass is 9.72. The number of fused-ring (bicyclic) bond motifs is 1. The van der Waals surface area contributed by atoms with Crippen LogP contribution < -0.4 is 5.32 Å². The van der Waals surface area contributed by atoms with E-state index in [0.717, 1.165) is 25.9 Å². The summed E-state index contributed by atoms with van der Waals surface area (Å²) in [6.07, 6.45) is 4.69. The number of nitrogens with zero attached hydrogens (tertiary/aromatic N) is 1. The van der Waals surface area contributed by atoms with E-state index in [2.05, 4.69) is 17.3 Å². The van der Waals surface area contributed by atoms with Gasteiger partial charge in [-0.1, -0.05) is 6.42 Å². The van der Waals surface area contributed by atoms with Crippen molar-refractivity contribution in [1.82, 2.24) is 10.2 Å². The summed E-state index contributed by atoms with van der Waals surface area (Å²) in [4.78, 5) is 14.7. The number of benzene rings is 1. The van der Waals surface area contributed by atoms with Crippen LogP contribution in [0.15, 0.2) is 24.3 Å². The predicted molar refractivity (Wildman–Crippen MR) is 80.6 cm³/mol. The molecule has 0 bridgehead atoms. The molecule has 3 nitrogen and oxygen atoms in total. The average Bonchev–Trinajstić information content (AvgIpc) is 2.47. The fourth-order valence-corrected chi connectivity index (χ4v) is 3.91. The van der Waals surface area contributed by atoms with E-state index in [1.54, 1.807) is 12.1 Å². The lowest BCUT2D eigenvalue weighted by Gasteiger charge is -2.44. The summed E-state index contributed by atoms with van der Waals surface area (Å²) < 4.78 is 12.9. The number of nitrogens with one attached hydrogen (secondary N) is 1. The van der Waals surface area contributed by atoms with Gasteiger partial charge in [-0.25, -0.2) is 4.39 Å². The summed E-state index contributed by atoms with van der Waals surface area (Å²) in [5.74, 6) is 0.926. The van der Waals surface area contributed by atoms with E-state index in [9.17, 15) is 9.18 Å². The Bertz CT molecular complexity index is 502. The minimum atomic E-state index is -0.306. The molecule has 3 atom stereocenters. The highest BCUT2D eigenvalue weighted by molar-refractivity contribution is 5.94. The van der Waals surface area contributed by atoms with E-state index < -0.39 is 0 Å². The van der Waals surface area contributed by atoms with Crippen molar-refractivity contribution in [3.8, 4) is 0 Å². The first-order chi connectivity index (χ1) is 10.1. The van der Waals surface area contributed by atoms with Crippen LogP contribution in [-0.4, -0.2) is 37.0 Å². The summed E-state index contributed by atoms with van der Waals surface area (Å²) in [5, 5.41) is 3.19. The number of carbonyl (C=O) groups is 1. The minimum absolute atomic E-state index is 0.0698. The fourth-order valence-electron chi connectivity index (χ4n) is 3.91. The standard InChI is InChI=1S/C17H23FN2O/c1-20-10-9-15-13(11-20)3-2-4-16(15)19-17(21)12-5-7-14(18)8-6-12/h5-8,13,15-16H,2-4,9-11H2,1H3,(H,19,21)/t13-,15-,16?/m1/s1.